The Balaban J connectivity index is 1.14. The predicted octanol–water partition coefficient (Wildman–Crippen LogP) is 6.69. The van der Waals surface area contributed by atoms with E-state index in [1.807, 2.05) is 48.5 Å². The van der Waals surface area contributed by atoms with Gasteiger partial charge in [-0.25, -0.2) is 0 Å². The first kappa shape index (κ1) is 27.1. The maximum absolute atomic E-state index is 12.5. The molecule has 4 aromatic rings. The standard InChI is InChI=1S/C34H37NO4/c1-25(36)34-29(13-12-27-10-5-6-11-32(27)34)24-39-33-22-35-19-18-31(33)28-14-16-30(17-15-28)38-21-7-20-37-23-26-8-3-2-4-9-26/h2-6,8-17,31,33,35H,7,18-24H2,1H3. The molecule has 0 spiro atoms. The van der Waals surface area contributed by atoms with Gasteiger partial charge in [-0.05, 0) is 59.5 Å². The molecule has 0 amide bonds. The number of benzene rings is 4. The van der Waals surface area contributed by atoms with Crippen molar-refractivity contribution in [3.63, 3.8) is 0 Å². The van der Waals surface area contributed by atoms with Crippen LogP contribution in [0.1, 0.15) is 52.7 Å². The molecule has 0 radical (unpaired) electrons. The quantitative estimate of drug-likeness (QED) is 0.166. The van der Waals surface area contributed by atoms with E-state index in [0.717, 1.165) is 53.6 Å². The van der Waals surface area contributed by atoms with Gasteiger partial charge in [0.05, 0.1) is 32.5 Å². The fourth-order valence-corrected chi connectivity index (χ4v) is 5.36. The van der Waals surface area contributed by atoms with Crippen molar-refractivity contribution < 1.29 is 19.0 Å². The molecule has 1 heterocycles. The number of carbonyl (C=O) groups is 1. The van der Waals surface area contributed by atoms with Crippen molar-refractivity contribution in [2.45, 2.75) is 45.0 Å². The number of ether oxygens (including phenoxy) is 3. The van der Waals surface area contributed by atoms with Crippen molar-refractivity contribution >= 4 is 16.6 Å². The minimum absolute atomic E-state index is 0.0264. The Morgan fingerprint density at radius 3 is 2.49 bits per heavy atom. The van der Waals surface area contributed by atoms with Crippen molar-refractivity contribution in [1.82, 2.24) is 5.32 Å². The van der Waals surface area contributed by atoms with Gasteiger partial charge in [-0.3, -0.25) is 4.79 Å². The highest BCUT2D eigenvalue weighted by atomic mass is 16.5. The van der Waals surface area contributed by atoms with Gasteiger partial charge < -0.3 is 19.5 Å². The number of fused-ring (bicyclic) bond motifs is 1. The Morgan fingerprint density at radius 2 is 1.67 bits per heavy atom. The molecule has 2 atom stereocenters. The molecule has 0 saturated carbocycles. The largest absolute Gasteiger partial charge is 0.494 e. The molecule has 1 aliphatic rings. The molecular weight excluding hydrogens is 486 g/mol. The van der Waals surface area contributed by atoms with Crippen LogP contribution in [0.25, 0.3) is 10.8 Å². The first-order valence-electron chi connectivity index (χ1n) is 13.9. The number of rotatable bonds is 12. The highest BCUT2D eigenvalue weighted by molar-refractivity contribution is 6.08. The van der Waals surface area contributed by atoms with Gasteiger partial charge >= 0.3 is 0 Å². The summed E-state index contributed by atoms with van der Waals surface area (Å²) in [6.07, 6.45) is 1.87. The normalized spacial score (nSPS) is 17.3. The zero-order valence-electron chi connectivity index (χ0n) is 22.6. The van der Waals surface area contributed by atoms with Crippen LogP contribution in [0, 0.1) is 0 Å². The first-order valence-corrected chi connectivity index (χ1v) is 13.9. The number of piperidine rings is 1. The number of carbonyl (C=O) groups excluding carboxylic acids is 1. The molecule has 4 aromatic carbocycles. The topological polar surface area (TPSA) is 56.8 Å². The van der Waals surface area contributed by atoms with Crippen LogP contribution < -0.4 is 10.1 Å². The van der Waals surface area contributed by atoms with E-state index in [9.17, 15) is 4.79 Å². The molecule has 39 heavy (non-hydrogen) atoms. The Labute approximate surface area is 231 Å². The van der Waals surface area contributed by atoms with Gasteiger partial charge in [-0.15, -0.1) is 0 Å². The monoisotopic (exact) mass is 523 g/mol. The number of hydrogen-bond donors (Lipinski definition) is 1. The lowest BCUT2D eigenvalue weighted by Crippen LogP contribution is -2.41. The molecule has 1 saturated heterocycles. The lowest BCUT2D eigenvalue weighted by atomic mass is 9.87. The molecule has 1 fully saturated rings. The summed E-state index contributed by atoms with van der Waals surface area (Å²) >= 11 is 0. The van der Waals surface area contributed by atoms with Crippen molar-refractivity contribution in [3.05, 3.63) is 113 Å². The van der Waals surface area contributed by atoms with Crippen LogP contribution in [-0.2, 0) is 22.7 Å². The van der Waals surface area contributed by atoms with Crippen molar-refractivity contribution in [1.29, 1.82) is 0 Å². The van der Waals surface area contributed by atoms with Crippen LogP contribution in [-0.4, -0.2) is 38.2 Å². The molecule has 5 nitrogen and oxygen atoms in total. The fraction of sp³-hybridized carbons (Fsp3) is 0.324. The number of Topliss-reactive ketones (excluding diaryl/α,β-unsaturated/α-hetero) is 1. The van der Waals surface area contributed by atoms with Crippen LogP contribution in [0.2, 0.25) is 0 Å². The summed E-state index contributed by atoms with van der Waals surface area (Å²) in [7, 11) is 0. The van der Waals surface area contributed by atoms with E-state index in [4.69, 9.17) is 14.2 Å². The van der Waals surface area contributed by atoms with Crippen LogP contribution in [0.5, 0.6) is 5.75 Å². The smallest absolute Gasteiger partial charge is 0.160 e. The van der Waals surface area contributed by atoms with Crippen LogP contribution >= 0.6 is 0 Å². The Kier molecular flexibility index (Phi) is 9.38. The van der Waals surface area contributed by atoms with Gasteiger partial charge in [-0.2, -0.15) is 0 Å². The summed E-state index contributed by atoms with van der Waals surface area (Å²) in [5, 5.41) is 5.54. The molecule has 5 rings (SSSR count). The highest BCUT2D eigenvalue weighted by Crippen LogP contribution is 2.31. The van der Waals surface area contributed by atoms with Gasteiger partial charge in [0.15, 0.2) is 5.78 Å². The maximum atomic E-state index is 12.5. The van der Waals surface area contributed by atoms with E-state index in [1.165, 1.54) is 11.1 Å². The number of ketones is 1. The van der Waals surface area contributed by atoms with Crippen LogP contribution in [0.15, 0.2) is 91.0 Å². The van der Waals surface area contributed by atoms with Gasteiger partial charge in [-0.1, -0.05) is 78.9 Å². The summed E-state index contributed by atoms with van der Waals surface area (Å²) in [5.74, 6) is 1.23. The molecule has 0 bridgehead atoms. The van der Waals surface area contributed by atoms with Gasteiger partial charge in [0, 0.05) is 24.4 Å². The van der Waals surface area contributed by atoms with Gasteiger partial charge in [0.25, 0.3) is 0 Å². The molecule has 2 unspecified atom stereocenters. The minimum Gasteiger partial charge on any atom is -0.494 e. The van der Waals surface area contributed by atoms with Gasteiger partial charge in [0.2, 0.25) is 0 Å². The molecule has 1 aliphatic heterocycles. The summed E-state index contributed by atoms with van der Waals surface area (Å²) in [5.41, 5.74) is 4.15. The third-order valence-electron chi connectivity index (χ3n) is 7.37. The van der Waals surface area contributed by atoms with E-state index in [-0.39, 0.29) is 17.8 Å². The molecule has 0 aromatic heterocycles. The third-order valence-corrected chi connectivity index (χ3v) is 7.37. The Morgan fingerprint density at radius 1 is 0.872 bits per heavy atom. The molecular formula is C34H37NO4. The SMILES string of the molecule is CC(=O)c1c(COC2CNCCC2c2ccc(OCCCOCc3ccccc3)cc2)ccc2ccccc12. The van der Waals surface area contributed by atoms with Crippen molar-refractivity contribution in [2.24, 2.45) is 0 Å². The van der Waals surface area contributed by atoms with E-state index in [1.54, 1.807) is 6.92 Å². The van der Waals surface area contributed by atoms with Crippen LogP contribution in [0.4, 0.5) is 0 Å². The second-order valence-corrected chi connectivity index (χ2v) is 10.1. The second kappa shape index (κ2) is 13.5. The molecule has 0 aliphatic carbocycles. The van der Waals surface area contributed by atoms with Gasteiger partial charge in [0.1, 0.15) is 5.75 Å². The summed E-state index contributed by atoms with van der Waals surface area (Å²) < 4.78 is 18.2. The lowest BCUT2D eigenvalue weighted by molar-refractivity contribution is 0.0104. The molecule has 1 N–H and O–H groups in total. The first-order chi connectivity index (χ1) is 19.2. The van der Waals surface area contributed by atoms with Crippen molar-refractivity contribution in [3.8, 4) is 5.75 Å². The highest BCUT2D eigenvalue weighted by Gasteiger charge is 2.27. The Hall–Kier alpha value is -3.51. The molecule has 202 valence electrons. The summed E-state index contributed by atoms with van der Waals surface area (Å²) in [4.78, 5) is 12.5. The number of nitrogens with one attached hydrogen (secondary N) is 1. The van der Waals surface area contributed by atoms with E-state index < -0.39 is 0 Å². The minimum atomic E-state index is 0.0264. The Bertz CT molecular complexity index is 1350. The van der Waals surface area contributed by atoms with Crippen molar-refractivity contribution in [2.75, 3.05) is 26.3 Å². The van der Waals surface area contributed by atoms with E-state index in [0.29, 0.717) is 26.4 Å². The third kappa shape index (κ3) is 7.12. The van der Waals surface area contributed by atoms with E-state index in [2.05, 4.69) is 47.8 Å². The van der Waals surface area contributed by atoms with E-state index >= 15 is 0 Å². The second-order valence-electron chi connectivity index (χ2n) is 10.1. The predicted molar refractivity (Wildman–Crippen MR) is 155 cm³/mol. The molecule has 5 heteroatoms. The zero-order valence-corrected chi connectivity index (χ0v) is 22.6. The maximum Gasteiger partial charge on any atom is 0.160 e. The summed E-state index contributed by atoms with van der Waals surface area (Å²) in [6, 6.07) is 30.8. The lowest BCUT2D eigenvalue weighted by Gasteiger charge is -2.33. The zero-order chi connectivity index (χ0) is 26.9. The number of hydrogen-bond acceptors (Lipinski definition) is 5. The average molecular weight is 524 g/mol. The summed E-state index contributed by atoms with van der Waals surface area (Å²) in [6.45, 7) is 5.72. The average Bonchev–Trinajstić information content (AvgIpc) is 2.98. The fourth-order valence-electron chi connectivity index (χ4n) is 5.36. The van der Waals surface area contributed by atoms with Crippen LogP contribution in [0.3, 0.4) is 0 Å².